The second kappa shape index (κ2) is 6.43. The van der Waals surface area contributed by atoms with Gasteiger partial charge in [0, 0.05) is 42.5 Å². The van der Waals surface area contributed by atoms with Gasteiger partial charge in [-0.2, -0.15) is 0 Å². The lowest BCUT2D eigenvalue weighted by Gasteiger charge is -2.24. The number of hydrogen-bond donors (Lipinski definition) is 1. The molecule has 1 amide bonds. The van der Waals surface area contributed by atoms with Crippen molar-refractivity contribution < 1.29 is 4.79 Å². The number of fused-ring (bicyclic) bond motifs is 1. The molecule has 24 heavy (non-hydrogen) atoms. The molecule has 4 rings (SSSR count). The molecule has 1 aliphatic heterocycles. The quantitative estimate of drug-likeness (QED) is 0.802. The molecule has 1 N–H and O–H groups in total. The Bertz CT molecular complexity index is 843. The fraction of sp³-hybridized carbons (Fsp3) is 0.316. The van der Waals surface area contributed by atoms with Crippen LogP contribution in [-0.2, 0) is 11.2 Å². The molecule has 122 valence electrons. The predicted octanol–water partition coefficient (Wildman–Crippen LogP) is 3.25. The summed E-state index contributed by atoms with van der Waals surface area (Å²) in [5.41, 5.74) is 3.23. The van der Waals surface area contributed by atoms with E-state index in [4.69, 9.17) is 0 Å². The van der Waals surface area contributed by atoms with Crippen LogP contribution in [0, 0.1) is 0 Å². The van der Waals surface area contributed by atoms with Crippen molar-refractivity contribution >= 4 is 16.8 Å². The van der Waals surface area contributed by atoms with Gasteiger partial charge < -0.3 is 9.88 Å². The third-order valence-corrected chi connectivity index (χ3v) is 4.78. The summed E-state index contributed by atoms with van der Waals surface area (Å²) in [6.45, 7) is 0.813. The summed E-state index contributed by atoms with van der Waals surface area (Å²) in [6.07, 6.45) is 10.4. The average Bonchev–Trinajstić information content (AvgIpc) is 3.28. The van der Waals surface area contributed by atoms with Crippen LogP contribution in [0.5, 0.6) is 0 Å². The zero-order valence-corrected chi connectivity index (χ0v) is 13.5. The molecule has 2 aromatic heterocycles. The zero-order chi connectivity index (χ0) is 16.4. The van der Waals surface area contributed by atoms with Gasteiger partial charge in [0.05, 0.1) is 17.9 Å². The number of aromatic amines is 1. The molecule has 0 bridgehead atoms. The van der Waals surface area contributed by atoms with E-state index in [2.05, 4.69) is 27.1 Å². The van der Waals surface area contributed by atoms with Crippen molar-refractivity contribution in [3.05, 3.63) is 60.3 Å². The Hall–Kier alpha value is -2.69. The summed E-state index contributed by atoms with van der Waals surface area (Å²) < 4.78 is 0. The van der Waals surface area contributed by atoms with E-state index in [1.54, 1.807) is 18.6 Å². The van der Waals surface area contributed by atoms with Crippen LogP contribution in [0.25, 0.3) is 10.9 Å². The third-order valence-electron chi connectivity index (χ3n) is 4.78. The number of H-pyrrole nitrogens is 1. The van der Waals surface area contributed by atoms with Crippen LogP contribution in [0.2, 0.25) is 0 Å². The van der Waals surface area contributed by atoms with E-state index in [1.165, 1.54) is 10.9 Å². The number of para-hydroxylation sites is 1. The van der Waals surface area contributed by atoms with Crippen LogP contribution in [-0.4, -0.2) is 32.3 Å². The van der Waals surface area contributed by atoms with Gasteiger partial charge in [0.1, 0.15) is 0 Å². The molecule has 0 aliphatic carbocycles. The molecule has 1 fully saturated rings. The maximum atomic E-state index is 12.7. The number of aryl methyl sites for hydroxylation is 1. The predicted molar refractivity (Wildman–Crippen MR) is 92.3 cm³/mol. The highest BCUT2D eigenvalue weighted by Crippen LogP contribution is 2.31. The van der Waals surface area contributed by atoms with E-state index < -0.39 is 0 Å². The number of aromatic nitrogens is 3. The molecule has 5 nitrogen and oxygen atoms in total. The Morgan fingerprint density at radius 1 is 1.29 bits per heavy atom. The van der Waals surface area contributed by atoms with E-state index in [0.717, 1.165) is 37.0 Å². The number of carbonyl (C=O) groups is 1. The third kappa shape index (κ3) is 2.77. The van der Waals surface area contributed by atoms with Gasteiger partial charge in [-0.3, -0.25) is 14.8 Å². The van der Waals surface area contributed by atoms with Crippen LogP contribution in [0.4, 0.5) is 0 Å². The normalized spacial score (nSPS) is 17.5. The number of nitrogens with one attached hydrogen (secondary N) is 1. The first-order valence-electron chi connectivity index (χ1n) is 8.43. The van der Waals surface area contributed by atoms with Crippen LogP contribution in [0.1, 0.15) is 36.6 Å². The molecule has 0 saturated carbocycles. The number of likely N-dealkylation sites (tertiary alicyclic amines) is 1. The van der Waals surface area contributed by atoms with E-state index >= 15 is 0 Å². The van der Waals surface area contributed by atoms with Crippen molar-refractivity contribution in [1.29, 1.82) is 0 Å². The van der Waals surface area contributed by atoms with Crippen LogP contribution < -0.4 is 0 Å². The molecule has 0 spiro atoms. The maximum absolute atomic E-state index is 12.7. The Kier molecular flexibility index (Phi) is 3.99. The highest BCUT2D eigenvalue weighted by Gasteiger charge is 2.30. The maximum Gasteiger partial charge on any atom is 0.223 e. The summed E-state index contributed by atoms with van der Waals surface area (Å²) in [6, 6.07) is 8.29. The van der Waals surface area contributed by atoms with Crippen molar-refractivity contribution in [2.24, 2.45) is 0 Å². The van der Waals surface area contributed by atoms with Gasteiger partial charge in [-0.15, -0.1) is 0 Å². The lowest BCUT2D eigenvalue weighted by Crippen LogP contribution is -2.31. The van der Waals surface area contributed by atoms with Crippen molar-refractivity contribution in [2.75, 3.05) is 6.54 Å². The minimum absolute atomic E-state index is 0.0779. The second-order valence-electron chi connectivity index (χ2n) is 6.23. The summed E-state index contributed by atoms with van der Waals surface area (Å²) >= 11 is 0. The molecule has 1 atom stereocenters. The fourth-order valence-electron chi connectivity index (χ4n) is 3.58. The highest BCUT2D eigenvalue weighted by molar-refractivity contribution is 5.84. The van der Waals surface area contributed by atoms with Gasteiger partial charge >= 0.3 is 0 Å². The first-order valence-corrected chi connectivity index (χ1v) is 8.43. The number of hydrogen-bond acceptors (Lipinski definition) is 3. The van der Waals surface area contributed by atoms with Gasteiger partial charge in [-0.05, 0) is 30.9 Å². The smallest absolute Gasteiger partial charge is 0.223 e. The number of rotatable bonds is 4. The van der Waals surface area contributed by atoms with E-state index in [9.17, 15) is 4.79 Å². The molecular formula is C19H20N4O. The van der Waals surface area contributed by atoms with E-state index in [-0.39, 0.29) is 11.9 Å². The first-order chi connectivity index (χ1) is 11.8. The standard InChI is InChI=1S/C19H20N4O/c24-19(8-7-14-12-22-16-5-2-1-4-15(14)16)23-11-3-6-18(23)17-13-20-9-10-21-17/h1-2,4-5,9-10,12-13,18,22H,3,6-8,11H2. The summed E-state index contributed by atoms with van der Waals surface area (Å²) in [7, 11) is 0. The number of nitrogens with zero attached hydrogens (tertiary/aromatic N) is 3. The molecule has 3 aromatic rings. The van der Waals surface area contributed by atoms with Crippen molar-refractivity contribution in [3.8, 4) is 0 Å². The zero-order valence-electron chi connectivity index (χ0n) is 13.5. The lowest BCUT2D eigenvalue weighted by molar-refractivity contribution is -0.132. The summed E-state index contributed by atoms with van der Waals surface area (Å²) in [5.74, 6) is 0.202. The lowest BCUT2D eigenvalue weighted by atomic mass is 10.1. The Labute approximate surface area is 140 Å². The monoisotopic (exact) mass is 320 g/mol. The Morgan fingerprint density at radius 2 is 2.21 bits per heavy atom. The summed E-state index contributed by atoms with van der Waals surface area (Å²) in [4.78, 5) is 26.5. The number of amides is 1. The van der Waals surface area contributed by atoms with Gasteiger partial charge in [0.15, 0.2) is 0 Å². The van der Waals surface area contributed by atoms with Crippen molar-refractivity contribution in [3.63, 3.8) is 0 Å². The molecule has 1 aromatic carbocycles. The van der Waals surface area contributed by atoms with E-state index in [0.29, 0.717) is 6.42 Å². The Morgan fingerprint density at radius 3 is 3.08 bits per heavy atom. The number of benzene rings is 1. The van der Waals surface area contributed by atoms with Crippen LogP contribution in [0.15, 0.2) is 49.1 Å². The molecule has 0 radical (unpaired) electrons. The van der Waals surface area contributed by atoms with Crippen molar-refractivity contribution in [1.82, 2.24) is 19.9 Å². The molecule has 1 aliphatic rings. The Balaban J connectivity index is 1.46. The molecule has 3 heterocycles. The van der Waals surface area contributed by atoms with E-state index in [1.807, 2.05) is 23.2 Å². The number of carbonyl (C=O) groups excluding carboxylic acids is 1. The van der Waals surface area contributed by atoms with Gasteiger partial charge in [-0.25, -0.2) is 0 Å². The highest BCUT2D eigenvalue weighted by atomic mass is 16.2. The summed E-state index contributed by atoms with van der Waals surface area (Å²) in [5, 5.41) is 1.21. The van der Waals surface area contributed by atoms with Gasteiger partial charge in [0.2, 0.25) is 5.91 Å². The molecule has 1 saturated heterocycles. The molecule has 1 unspecified atom stereocenters. The van der Waals surface area contributed by atoms with Gasteiger partial charge in [-0.1, -0.05) is 18.2 Å². The van der Waals surface area contributed by atoms with Gasteiger partial charge in [0.25, 0.3) is 0 Å². The minimum atomic E-state index is 0.0779. The largest absolute Gasteiger partial charge is 0.361 e. The molecule has 5 heteroatoms. The van der Waals surface area contributed by atoms with Crippen LogP contribution in [0.3, 0.4) is 0 Å². The first kappa shape index (κ1) is 14.9. The van der Waals surface area contributed by atoms with Crippen molar-refractivity contribution in [2.45, 2.75) is 31.7 Å². The van der Waals surface area contributed by atoms with Crippen LogP contribution >= 0.6 is 0 Å². The average molecular weight is 320 g/mol. The topological polar surface area (TPSA) is 61.9 Å². The fourth-order valence-corrected chi connectivity index (χ4v) is 3.58. The molecular weight excluding hydrogens is 300 g/mol. The SMILES string of the molecule is O=C(CCc1c[nH]c2ccccc12)N1CCCC1c1cnccn1. The minimum Gasteiger partial charge on any atom is -0.361 e. The second-order valence-corrected chi connectivity index (χ2v) is 6.23.